The number of hydrogen-bond donors (Lipinski definition) is 1. The molecule has 1 N–H and O–H groups in total. The maximum atomic E-state index is 14.1. The van der Waals surface area contributed by atoms with E-state index >= 15 is 0 Å². The smallest absolute Gasteiger partial charge is 0.208 e. The van der Waals surface area contributed by atoms with E-state index in [1.54, 1.807) is 30.0 Å². The summed E-state index contributed by atoms with van der Waals surface area (Å²) in [4.78, 5) is 4.37. The third-order valence-corrected chi connectivity index (χ3v) is 3.10. The van der Waals surface area contributed by atoms with E-state index in [9.17, 15) is 4.39 Å². The number of rotatable bonds is 5. The molecule has 0 saturated heterocycles. The molecule has 0 fully saturated rings. The zero-order valence-corrected chi connectivity index (χ0v) is 12.4. The van der Waals surface area contributed by atoms with Crippen molar-refractivity contribution in [3.05, 3.63) is 40.9 Å². The van der Waals surface area contributed by atoms with E-state index in [-0.39, 0.29) is 11.1 Å². The first-order valence-electron chi connectivity index (χ1n) is 6.28. The van der Waals surface area contributed by atoms with Crippen LogP contribution >= 0.6 is 11.6 Å². The van der Waals surface area contributed by atoms with E-state index in [4.69, 9.17) is 16.3 Å². The minimum absolute atomic E-state index is 0.0581. The Morgan fingerprint density at radius 1 is 1.50 bits per heavy atom. The zero-order valence-electron chi connectivity index (χ0n) is 11.7. The number of ether oxygens (including phenoxy) is 1. The summed E-state index contributed by atoms with van der Waals surface area (Å²) in [5.41, 5.74) is 1.15. The molecule has 20 heavy (non-hydrogen) atoms. The lowest BCUT2D eigenvalue weighted by Crippen LogP contribution is -2.23. The predicted molar refractivity (Wildman–Crippen MR) is 78.2 cm³/mol. The van der Waals surface area contributed by atoms with Crippen molar-refractivity contribution in [3.63, 3.8) is 0 Å². The normalized spacial score (nSPS) is 12.4. The Bertz CT molecular complexity index is 600. The van der Waals surface area contributed by atoms with Crippen LogP contribution in [0.1, 0.15) is 12.6 Å². The number of aryl methyl sites for hydroxylation is 1. The maximum absolute atomic E-state index is 14.1. The van der Waals surface area contributed by atoms with Crippen LogP contribution in [0.15, 0.2) is 24.4 Å². The Morgan fingerprint density at radius 2 is 2.25 bits per heavy atom. The van der Waals surface area contributed by atoms with Crippen LogP contribution in [0, 0.1) is 12.7 Å². The highest BCUT2D eigenvalue weighted by Crippen LogP contribution is 2.24. The van der Waals surface area contributed by atoms with Gasteiger partial charge in [-0.15, -0.1) is 0 Å². The van der Waals surface area contributed by atoms with Gasteiger partial charge in [-0.2, -0.15) is 0 Å². The summed E-state index contributed by atoms with van der Waals surface area (Å²) < 4.78 is 20.9. The molecule has 1 aromatic carbocycles. The molecule has 2 aromatic rings. The van der Waals surface area contributed by atoms with Gasteiger partial charge in [0.05, 0.1) is 23.0 Å². The highest BCUT2D eigenvalue weighted by molar-refractivity contribution is 6.30. The zero-order chi connectivity index (χ0) is 14.7. The van der Waals surface area contributed by atoms with Gasteiger partial charge >= 0.3 is 0 Å². The number of nitrogens with one attached hydrogen (secondary N) is 1. The van der Waals surface area contributed by atoms with Crippen LogP contribution in [0.5, 0.6) is 0 Å². The number of anilines is 1. The van der Waals surface area contributed by atoms with E-state index < -0.39 is 5.82 Å². The molecule has 0 spiro atoms. The number of hydrogen-bond acceptors (Lipinski definition) is 3. The molecule has 0 radical (unpaired) electrons. The van der Waals surface area contributed by atoms with Gasteiger partial charge in [-0.3, -0.25) is 4.57 Å². The molecule has 0 saturated carbocycles. The Kier molecular flexibility index (Phi) is 4.62. The summed E-state index contributed by atoms with van der Waals surface area (Å²) >= 11 is 5.83. The minimum Gasteiger partial charge on any atom is -0.383 e. The van der Waals surface area contributed by atoms with Gasteiger partial charge in [0, 0.05) is 19.3 Å². The molecule has 4 nitrogen and oxygen atoms in total. The van der Waals surface area contributed by atoms with Crippen molar-refractivity contribution in [1.29, 1.82) is 0 Å². The van der Waals surface area contributed by atoms with Gasteiger partial charge in [0.15, 0.2) is 5.82 Å². The topological polar surface area (TPSA) is 39.1 Å². The standard InChI is InChI=1S/C14H17ClFN3O/c1-9-7-19(12-6-4-5-11(15)13(12)16)14(17-9)18-10(2)8-20-3/h4-7,10H,8H2,1-3H3,(H,17,18). The number of methoxy groups -OCH3 is 1. The monoisotopic (exact) mass is 297 g/mol. The van der Waals surface area contributed by atoms with Gasteiger partial charge in [-0.1, -0.05) is 17.7 Å². The SMILES string of the molecule is COCC(C)Nc1nc(C)cn1-c1cccc(Cl)c1F. The lowest BCUT2D eigenvalue weighted by molar-refractivity contribution is 0.190. The lowest BCUT2D eigenvalue weighted by atomic mass is 10.3. The number of benzene rings is 1. The summed E-state index contributed by atoms with van der Waals surface area (Å²) in [6.45, 7) is 4.35. The number of halogens is 2. The molecular formula is C14H17ClFN3O. The Labute approximate surface area is 122 Å². The Hall–Kier alpha value is -1.59. The van der Waals surface area contributed by atoms with Crippen LogP contribution < -0.4 is 5.32 Å². The first-order valence-corrected chi connectivity index (χ1v) is 6.66. The van der Waals surface area contributed by atoms with Crippen LogP contribution in [-0.2, 0) is 4.74 Å². The molecule has 1 aromatic heterocycles. The van der Waals surface area contributed by atoms with Crippen molar-refractivity contribution in [2.24, 2.45) is 0 Å². The molecule has 0 aliphatic heterocycles. The molecule has 0 aliphatic carbocycles. The van der Waals surface area contributed by atoms with Gasteiger partial charge in [0.1, 0.15) is 0 Å². The first-order chi connectivity index (χ1) is 9.52. The largest absolute Gasteiger partial charge is 0.383 e. The van der Waals surface area contributed by atoms with Crippen LogP contribution in [0.25, 0.3) is 5.69 Å². The van der Waals surface area contributed by atoms with Gasteiger partial charge in [0.2, 0.25) is 5.95 Å². The van der Waals surface area contributed by atoms with Crippen LogP contribution in [0.2, 0.25) is 5.02 Å². The summed E-state index contributed by atoms with van der Waals surface area (Å²) in [5, 5.41) is 3.28. The van der Waals surface area contributed by atoms with Crippen molar-refractivity contribution in [3.8, 4) is 5.69 Å². The summed E-state index contributed by atoms with van der Waals surface area (Å²) in [7, 11) is 1.63. The van der Waals surface area contributed by atoms with Gasteiger partial charge < -0.3 is 10.1 Å². The molecule has 0 aliphatic rings. The van der Waals surface area contributed by atoms with Crippen molar-refractivity contribution in [2.45, 2.75) is 19.9 Å². The van der Waals surface area contributed by atoms with Crippen molar-refractivity contribution < 1.29 is 9.13 Å². The second-order valence-electron chi connectivity index (χ2n) is 4.65. The Balaban J connectivity index is 2.39. The third-order valence-electron chi connectivity index (χ3n) is 2.81. The summed E-state index contributed by atoms with van der Waals surface area (Å²) in [6.07, 6.45) is 1.76. The van der Waals surface area contributed by atoms with Crippen LogP contribution in [0.3, 0.4) is 0 Å². The molecule has 0 bridgehead atoms. The molecule has 108 valence electrons. The molecule has 1 atom stereocenters. The fourth-order valence-corrected chi connectivity index (χ4v) is 2.14. The second-order valence-corrected chi connectivity index (χ2v) is 5.06. The van der Waals surface area contributed by atoms with Crippen LogP contribution in [-0.4, -0.2) is 29.3 Å². The van der Waals surface area contributed by atoms with Crippen molar-refractivity contribution >= 4 is 17.5 Å². The third kappa shape index (κ3) is 3.11. The highest BCUT2D eigenvalue weighted by Gasteiger charge is 2.14. The molecule has 0 amide bonds. The average Bonchev–Trinajstić information content (AvgIpc) is 2.74. The molecule has 2 rings (SSSR count). The number of imidazole rings is 1. The van der Waals surface area contributed by atoms with Gasteiger partial charge in [0.25, 0.3) is 0 Å². The van der Waals surface area contributed by atoms with Crippen LogP contribution in [0.4, 0.5) is 10.3 Å². The fraction of sp³-hybridized carbons (Fsp3) is 0.357. The summed E-state index contributed by atoms with van der Waals surface area (Å²) in [5.74, 6) is 0.0993. The average molecular weight is 298 g/mol. The molecular weight excluding hydrogens is 281 g/mol. The van der Waals surface area contributed by atoms with Crippen molar-refractivity contribution in [2.75, 3.05) is 19.0 Å². The Morgan fingerprint density at radius 3 is 2.95 bits per heavy atom. The van der Waals surface area contributed by atoms with E-state index in [1.807, 2.05) is 13.8 Å². The van der Waals surface area contributed by atoms with E-state index in [1.165, 1.54) is 6.07 Å². The second kappa shape index (κ2) is 6.24. The van der Waals surface area contributed by atoms with E-state index in [0.717, 1.165) is 5.69 Å². The maximum Gasteiger partial charge on any atom is 0.208 e. The minimum atomic E-state index is -0.464. The fourth-order valence-electron chi connectivity index (χ4n) is 1.97. The number of aromatic nitrogens is 2. The highest BCUT2D eigenvalue weighted by atomic mass is 35.5. The van der Waals surface area contributed by atoms with Crippen molar-refractivity contribution in [1.82, 2.24) is 9.55 Å². The predicted octanol–water partition coefficient (Wildman–Crippen LogP) is 3.42. The molecule has 1 heterocycles. The number of nitrogens with zero attached hydrogens (tertiary/aromatic N) is 2. The van der Waals surface area contributed by atoms with E-state index in [0.29, 0.717) is 18.2 Å². The quantitative estimate of drug-likeness (QED) is 0.919. The molecule has 6 heteroatoms. The van der Waals surface area contributed by atoms with Gasteiger partial charge in [-0.05, 0) is 26.0 Å². The first kappa shape index (κ1) is 14.8. The molecule has 1 unspecified atom stereocenters. The van der Waals surface area contributed by atoms with Gasteiger partial charge in [-0.25, -0.2) is 9.37 Å². The lowest BCUT2D eigenvalue weighted by Gasteiger charge is -2.15. The summed E-state index contributed by atoms with van der Waals surface area (Å²) in [6, 6.07) is 4.94. The van der Waals surface area contributed by atoms with E-state index in [2.05, 4.69) is 10.3 Å².